The molecule has 0 bridgehead atoms. The van der Waals surface area contributed by atoms with Crippen LogP contribution in [0.1, 0.15) is 0 Å². The maximum absolute atomic E-state index is 11.4. The third-order valence-corrected chi connectivity index (χ3v) is 6.10. The molecular weight excluding hydrogens is 600 g/mol. The predicted molar refractivity (Wildman–Crippen MR) is 151 cm³/mol. The highest BCUT2D eigenvalue weighted by Crippen LogP contribution is 2.58. The molecule has 5 aromatic carbocycles. The molecule has 0 atom stereocenters. The van der Waals surface area contributed by atoms with Gasteiger partial charge >= 0.3 is 0 Å². The molecule has 5 aromatic rings. The second-order valence-electron chi connectivity index (χ2n) is 9.40. The van der Waals surface area contributed by atoms with Gasteiger partial charge in [0.2, 0.25) is 17.2 Å². The van der Waals surface area contributed by atoms with Crippen LogP contribution in [0.4, 0.5) is 0 Å². The topological polar surface area (TPSA) is 270 Å². The van der Waals surface area contributed by atoms with Gasteiger partial charge in [-0.1, -0.05) is 0 Å². The number of phenols is 12. The van der Waals surface area contributed by atoms with Gasteiger partial charge in [-0.2, -0.15) is 0 Å². The Balaban J connectivity index is 1.71. The summed E-state index contributed by atoms with van der Waals surface area (Å²) >= 11 is 0. The lowest BCUT2D eigenvalue weighted by Crippen LogP contribution is -1.96. The Bertz CT molecular complexity index is 1900. The van der Waals surface area contributed by atoms with E-state index in [2.05, 4.69) is 0 Å². The minimum Gasteiger partial charge on any atom is -0.508 e. The van der Waals surface area contributed by atoms with Crippen molar-refractivity contribution in [3.05, 3.63) is 60.7 Å². The quantitative estimate of drug-likeness (QED) is 0.111. The van der Waals surface area contributed by atoms with Crippen LogP contribution in [-0.2, 0) is 0 Å². The van der Waals surface area contributed by atoms with Gasteiger partial charge in [0, 0.05) is 60.7 Å². The second kappa shape index (κ2) is 11.1. The maximum atomic E-state index is 11.4. The Hall–Kier alpha value is -6.90. The van der Waals surface area contributed by atoms with Crippen LogP contribution in [0, 0.1) is 0 Å². The zero-order valence-electron chi connectivity index (χ0n) is 22.4. The van der Waals surface area contributed by atoms with Crippen LogP contribution in [0.3, 0.4) is 0 Å². The SMILES string of the molecule is Oc1cc(O)cc(Oc2c(O)cc(O)cc2Oc2c(O)cc(Oc3c(O)cc(O)cc3O)c(-c3c(O)cc(O)cc3O)c2O)c1. The number of benzene rings is 5. The van der Waals surface area contributed by atoms with E-state index in [9.17, 15) is 61.3 Å². The first kappa shape index (κ1) is 29.6. The predicted octanol–water partition coefficient (Wildman–Crippen LogP) is 5.20. The van der Waals surface area contributed by atoms with Gasteiger partial charge in [-0.05, 0) is 0 Å². The minimum absolute atomic E-state index is 0.219. The maximum Gasteiger partial charge on any atom is 0.211 e. The first-order chi connectivity index (χ1) is 21.2. The van der Waals surface area contributed by atoms with Crippen LogP contribution in [0.15, 0.2) is 60.7 Å². The Labute approximate surface area is 251 Å². The van der Waals surface area contributed by atoms with E-state index in [4.69, 9.17) is 14.2 Å². The molecule has 0 unspecified atom stereocenters. The molecule has 15 nitrogen and oxygen atoms in total. The van der Waals surface area contributed by atoms with Crippen LogP contribution in [-0.4, -0.2) is 61.3 Å². The molecule has 0 aliphatic rings. The first-order valence-corrected chi connectivity index (χ1v) is 12.4. The van der Waals surface area contributed by atoms with Crippen LogP contribution < -0.4 is 14.2 Å². The van der Waals surface area contributed by atoms with Gasteiger partial charge < -0.3 is 75.5 Å². The van der Waals surface area contributed by atoms with Crippen molar-refractivity contribution >= 4 is 0 Å². The highest BCUT2D eigenvalue weighted by atomic mass is 16.5. The van der Waals surface area contributed by atoms with Gasteiger partial charge in [-0.25, -0.2) is 0 Å². The van der Waals surface area contributed by atoms with E-state index in [-0.39, 0.29) is 5.75 Å². The molecule has 0 aliphatic heterocycles. The number of ether oxygens (including phenoxy) is 3. The smallest absolute Gasteiger partial charge is 0.211 e. The average molecular weight is 622 g/mol. The summed E-state index contributed by atoms with van der Waals surface area (Å²) in [5.74, 6) is -12.0. The van der Waals surface area contributed by atoms with E-state index in [0.717, 1.165) is 60.7 Å². The van der Waals surface area contributed by atoms with Gasteiger partial charge in [-0.15, -0.1) is 0 Å². The highest BCUT2D eigenvalue weighted by Gasteiger charge is 2.29. The molecule has 0 aliphatic carbocycles. The standard InChI is InChI=1S/C30H22O15/c31-11-1-12(32)3-16(2-11)43-29-21(40)8-15(35)9-24(29)45-30-22(41)10-23(44-28-19(38)6-14(34)7-20(28)39)26(27(30)42)25-17(36)4-13(33)5-18(25)37/h1-10,31-42H. The second-order valence-corrected chi connectivity index (χ2v) is 9.40. The zero-order valence-corrected chi connectivity index (χ0v) is 22.4. The van der Waals surface area contributed by atoms with E-state index in [1.165, 1.54) is 0 Å². The summed E-state index contributed by atoms with van der Waals surface area (Å²) < 4.78 is 16.7. The molecule has 0 fully saturated rings. The third-order valence-electron chi connectivity index (χ3n) is 6.10. The van der Waals surface area contributed by atoms with E-state index >= 15 is 0 Å². The van der Waals surface area contributed by atoms with Gasteiger partial charge in [0.1, 0.15) is 51.7 Å². The Morgan fingerprint density at radius 3 is 1.29 bits per heavy atom. The Morgan fingerprint density at radius 2 is 0.733 bits per heavy atom. The summed E-state index contributed by atoms with van der Waals surface area (Å²) in [4.78, 5) is 0. The fraction of sp³-hybridized carbons (Fsp3) is 0. The largest absolute Gasteiger partial charge is 0.508 e. The van der Waals surface area contributed by atoms with E-state index in [1.54, 1.807) is 0 Å². The van der Waals surface area contributed by atoms with Crippen molar-refractivity contribution in [2.24, 2.45) is 0 Å². The van der Waals surface area contributed by atoms with Crippen molar-refractivity contribution in [2.45, 2.75) is 0 Å². The van der Waals surface area contributed by atoms with Gasteiger partial charge in [-0.3, -0.25) is 0 Å². The molecule has 0 saturated carbocycles. The molecule has 0 aromatic heterocycles. The monoisotopic (exact) mass is 622 g/mol. The summed E-state index contributed by atoms with van der Waals surface area (Å²) in [6, 6.07) is 8.76. The van der Waals surface area contributed by atoms with Crippen LogP contribution in [0.5, 0.6) is 103 Å². The van der Waals surface area contributed by atoms with Crippen molar-refractivity contribution in [1.82, 2.24) is 0 Å². The summed E-state index contributed by atoms with van der Waals surface area (Å²) in [5.41, 5.74) is -1.25. The lowest BCUT2D eigenvalue weighted by molar-refractivity contribution is 0.341. The molecule has 0 spiro atoms. The highest BCUT2D eigenvalue weighted by molar-refractivity contribution is 5.89. The summed E-state index contributed by atoms with van der Waals surface area (Å²) in [5, 5.41) is 124. The van der Waals surface area contributed by atoms with Gasteiger partial charge in [0.15, 0.2) is 34.5 Å². The van der Waals surface area contributed by atoms with Crippen molar-refractivity contribution < 1.29 is 75.5 Å². The lowest BCUT2D eigenvalue weighted by Gasteiger charge is -2.20. The zero-order chi connectivity index (χ0) is 32.7. The summed E-state index contributed by atoms with van der Waals surface area (Å²) in [6.07, 6.45) is 0. The lowest BCUT2D eigenvalue weighted by atomic mass is 9.99. The number of rotatable bonds is 7. The van der Waals surface area contributed by atoms with Gasteiger partial charge in [0.25, 0.3) is 0 Å². The molecule has 0 radical (unpaired) electrons. The van der Waals surface area contributed by atoms with E-state index < -0.39 is 109 Å². The molecule has 232 valence electrons. The van der Waals surface area contributed by atoms with Crippen LogP contribution >= 0.6 is 0 Å². The number of hydrogen-bond donors (Lipinski definition) is 12. The van der Waals surface area contributed by atoms with Crippen molar-refractivity contribution in [2.75, 3.05) is 0 Å². The summed E-state index contributed by atoms with van der Waals surface area (Å²) in [6.45, 7) is 0. The normalized spacial score (nSPS) is 10.8. The van der Waals surface area contributed by atoms with Crippen LogP contribution in [0.25, 0.3) is 11.1 Å². The summed E-state index contributed by atoms with van der Waals surface area (Å²) in [7, 11) is 0. The van der Waals surface area contributed by atoms with Crippen LogP contribution in [0.2, 0.25) is 0 Å². The fourth-order valence-corrected chi connectivity index (χ4v) is 4.29. The number of aromatic hydroxyl groups is 12. The molecule has 15 heteroatoms. The molecule has 0 amide bonds. The molecular formula is C30H22O15. The fourth-order valence-electron chi connectivity index (χ4n) is 4.29. The van der Waals surface area contributed by atoms with E-state index in [1.807, 2.05) is 0 Å². The first-order valence-electron chi connectivity index (χ1n) is 12.4. The molecule has 5 rings (SSSR count). The molecule has 45 heavy (non-hydrogen) atoms. The average Bonchev–Trinajstić information content (AvgIpc) is 2.90. The Kier molecular flexibility index (Phi) is 7.28. The van der Waals surface area contributed by atoms with Gasteiger partial charge in [0.05, 0.1) is 11.1 Å². The van der Waals surface area contributed by atoms with E-state index in [0.29, 0.717) is 0 Å². The number of phenolic OH excluding ortho intramolecular Hbond substituents is 12. The molecule has 0 heterocycles. The van der Waals surface area contributed by atoms with Crippen molar-refractivity contribution in [3.8, 4) is 115 Å². The van der Waals surface area contributed by atoms with Crippen molar-refractivity contribution in [3.63, 3.8) is 0 Å². The minimum atomic E-state index is -1.08. The molecule has 12 N–H and O–H groups in total. The third kappa shape index (κ3) is 5.76. The molecule has 0 saturated heterocycles. The van der Waals surface area contributed by atoms with Crippen molar-refractivity contribution in [1.29, 1.82) is 0 Å². The Morgan fingerprint density at radius 1 is 0.311 bits per heavy atom. The number of hydrogen-bond acceptors (Lipinski definition) is 15.